The van der Waals surface area contributed by atoms with E-state index in [1.54, 1.807) is 12.3 Å². The van der Waals surface area contributed by atoms with Crippen LogP contribution in [0.5, 0.6) is 0 Å². The average molecular weight is 208 g/mol. The number of nitrogens with zero attached hydrogens (tertiary/aromatic N) is 1. The Morgan fingerprint density at radius 1 is 1.67 bits per heavy atom. The van der Waals surface area contributed by atoms with Crippen LogP contribution in [0.4, 0.5) is 5.82 Å². The van der Waals surface area contributed by atoms with Gasteiger partial charge in [0, 0.05) is 18.8 Å². The summed E-state index contributed by atoms with van der Waals surface area (Å²) in [5.74, 6) is 0.0209. The van der Waals surface area contributed by atoms with Gasteiger partial charge in [-0.15, -0.1) is 0 Å². The highest BCUT2D eigenvalue weighted by Crippen LogP contribution is 2.15. The summed E-state index contributed by atoms with van der Waals surface area (Å²) in [6.07, 6.45) is 1.63. The molecule has 1 heterocycles. The summed E-state index contributed by atoms with van der Waals surface area (Å²) in [7, 11) is 0. The molecule has 1 unspecified atom stereocenters. The summed E-state index contributed by atoms with van der Waals surface area (Å²) in [5, 5.41) is 3.00. The molecule has 0 radical (unpaired) electrons. The van der Waals surface area contributed by atoms with E-state index in [0.717, 1.165) is 5.56 Å². The summed E-state index contributed by atoms with van der Waals surface area (Å²) in [5.41, 5.74) is 12.1. The van der Waals surface area contributed by atoms with Gasteiger partial charge in [-0.3, -0.25) is 4.79 Å². The first-order valence-electron chi connectivity index (χ1n) is 4.77. The van der Waals surface area contributed by atoms with Crippen LogP contribution in [-0.4, -0.2) is 23.5 Å². The van der Waals surface area contributed by atoms with Gasteiger partial charge in [-0.25, -0.2) is 4.98 Å². The Bertz CT molecular complexity index is 362. The minimum Gasteiger partial charge on any atom is -0.368 e. The number of amides is 1. The van der Waals surface area contributed by atoms with Gasteiger partial charge >= 0.3 is 0 Å². The summed E-state index contributed by atoms with van der Waals surface area (Å²) >= 11 is 0. The molecule has 5 N–H and O–H groups in total. The van der Waals surface area contributed by atoms with Gasteiger partial charge in [-0.05, 0) is 25.5 Å². The number of hydrogen-bond donors (Lipinski definition) is 3. The van der Waals surface area contributed by atoms with Crippen LogP contribution < -0.4 is 16.8 Å². The van der Waals surface area contributed by atoms with Gasteiger partial charge in [0.1, 0.15) is 5.82 Å². The molecule has 0 spiro atoms. The highest BCUT2D eigenvalue weighted by molar-refractivity contribution is 5.98. The highest BCUT2D eigenvalue weighted by atomic mass is 16.1. The van der Waals surface area contributed by atoms with E-state index in [0.29, 0.717) is 17.9 Å². The summed E-state index contributed by atoms with van der Waals surface area (Å²) in [4.78, 5) is 15.3. The topological polar surface area (TPSA) is 94.0 Å². The van der Waals surface area contributed by atoms with Crippen LogP contribution in [0.15, 0.2) is 12.3 Å². The molecular weight excluding hydrogens is 192 g/mol. The number of carbonyl (C=O) groups excluding carboxylic acids is 1. The van der Waals surface area contributed by atoms with Gasteiger partial charge in [-0.2, -0.15) is 0 Å². The molecule has 82 valence electrons. The van der Waals surface area contributed by atoms with Crippen LogP contribution in [0.3, 0.4) is 0 Å². The molecule has 1 aromatic rings. The van der Waals surface area contributed by atoms with Crippen LogP contribution in [-0.2, 0) is 0 Å². The average Bonchev–Trinajstić information content (AvgIpc) is 2.13. The lowest BCUT2D eigenvalue weighted by atomic mass is 10.1. The van der Waals surface area contributed by atoms with Crippen molar-refractivity contribution in [3.8, 4) is 0 Å². The SMILES string of the molecule is Cc1ccnc(NCC(C)N)c1C(N)=O. The fourth-order valence-electron chi connectivity index (χ4n) is 1.26. The number of pyridine rings is 1. The predicted molar refractivity (Wildman–Crippen MR) is 59.6 cm³/mol. The molecule has 1 rings (SSSR count). The molecule has 0 saturated heterocycles. The van der Waals surface area contributed by atoms with Gasteiger partial charge in [0.05, 0.1) is 5.56 Å². The second-order valence-electron chi connectivity index (χ2n) is 3.57. The number of hydrogen-bond acceptors (Lipinski definition) is 4. The van der Waals surface area contributed by atoms with Crippen molar-refractivity contribution in [2.45, 2.75) is 19.9 Å². The van der Waals surface area contributed by atoms with Gasteiger partial charge in [0.25, 0.3) is 5.91 Å². The van der Waals surface area contributed by atoms with Crippen LogP contribution in [0.25, 0.3) is 0 Å². The minimum atomic E-state index is -0.479. The standard InChI is InChI=1S/C10H16N4O/c1-6-3-4-13-10(8(6)9(12)15)14-5-7(2)11/h3-4,7H,5,11H2,1-2H3,(H2,12,15)(H,13,14). The number of aryl methyl sites for hydroxylation is 1. The quantitative estimate of drug-likeness (QED) is 0.661. The second-order valence-corrected chi connectivity index (χ2v) is 3.57. The Morgan fingerprint density at radius 3 is 2.87 bits per heavy atom. The summed E-state index contributed by atoms with van der Waals surface area (Å²) in [6, 6.07) is 1.74. The van der Waals surface area contributed by atoms with Gasteiger partial charge in [0.2, 0.25) is 0 Å². The molecule has 0 aliphatic carbocycles. The second kappa shape index (κ2) is 4.75. The number of anilines is 1. The normalized spacial score (nSPS) is 12.2. The highest BCUT2D eigenvalue weighted by Gasteiger charge is 2.12. The summed E-state index contributed by atoms with van der Waals surface area (Å²) in [6.45, 7) is 4.24. The van der Waals surface area contributed by atoms with Gasteiger partial charge in [-0.1, -0.05) is 0 Å². The maximum Gasteiger partial charge on any atom is 0.252 e. The van der Waals surface area contributed by atoms with Gasteiger partial charge in [0.15, 0.2) is 0 Å². The van der Waals surface area contributed by atoms with Crippen molar-refractivity contribution in [2.75, 3.05) is 11.9 Å². The Balaban J connectivity index is 2.96. The fourth-order valence-corrected chi connectivity index (χ4v) is 1.26. The molecule has 0 saturated carbocycles. The van der Waals surface area contributed by atoms with E-state index in [1.807, 2.05) is 13.8 Å². The molecule has 0 aliphatic rings. The molecule has 0 aliphatic heterocycles. The molecular formula is C10H16N4O. The first-order chi connectivity index (χ1) is 7.02. The molecule has 5 nitrogen and oxygen atoms in total. The molecule has 15 heavy (non-hydrogen) atoms. The van der Waals surface area contributed by atoms with Crippen molar-refractivity contribution in [3.05, 3.63) is 23.4 Å². The van der Waals surface area contributed by atoms with E-state index >= 15 is 0 Å². The van der Waals surface area contributed by atoms with Crippen molar-refractivity contribution in [1.29, 1.82) is 0 Å². The van der Waals surface area contributed by atoms with E-state index < -0.39 is 5.91 Å². The maximum absolute atomic E-state index is 11.2. The molecule has 0 aromatic carbocycles. The van der Waals surface area contributed by atoms with Crippen molar-refractivity contribution >= 4 is 11.7 Å². The van der Waals surface area contributed by atoms with Crippen molar-refractivity contribution in [1.82, 2.24) is 4.98 Å². The number of nitrogens with two attached hydrogens (primary N) is 2. The van der Waals surface area contributed by atoms with E-state index in [1.165, 1.54) is 0 Å². The van der Waals surface area contributed by atoms with Crippen LogP contribution in [0.2, 0.25) is 0 Å². The van der Waals surface area contributed by atoms with E-state index in [2.05, 4.69) is 10.3 Å². The summed E-state index contributed by atoms with van der Waals surface area (Å²) < 4.78 is 0. The lowest BCUT2D eigenvalue weighted by molar-refractivity contribution is 0.1000. The maximum atomic E-state index is 11.2. The van der Waals surface area contributed by atoms with Crippen LogP contribution >= 0.6 is 0 Å². The van der Waals surface area contributed by atoms with E-state index in [-0.39, 0.29) is 6.04 Å². The zero-order valence-corrected chi connectivity index (χ0v) is 8.95. The molecule has 1 aromatic heterocycles. The Kier molecular flexibility index (Phi) is 3.62. The van der Waals surface area contributed by atoms with Crippen molar-refractivity contribution in [3.63, 3.8) is 0 Å². The molecule has 5 heteroatoms. The van der Waals surface area contributed by atoms with Crippen LogP contribution in [0, 0.1) is 6.92 Å². The molecule has 0 fully saturated rings. The number of primary amides is 1. The molecule has 1 amide bonds. The Hall–Kier alpha value is -1.62. The molecule has 1 atom stereocenters. The van der Waals surface area contributed by atoms with E-state index in [4.69, 9.17) is 11.5 Å². The monoisotopic (exact) mass is 208 g/mol. The zero-order chi connectivity index (χ0) is 11.4. The number of nitrogens with one attached hydrogen (secondary N) is 1. The smallest absolute Gasteiger partial charge is 0.252 e. The predicted octanol–water partition coefficient (Wildman–Crippen LogP) is 0.248. The Morgan fingerprint density at radius 2 is 2.33 bits per heavy atom. The third-order valence-corrected chi connectivity index (χ3v) is 2.00. The first-order valence-corrected chi connectivity index (χ1v) is 4.77. The number of rotatable bonds is 4. The number of aromatic nitrogens is 1. The van der Waals surface area contributed by atoms with Gasteiger partial charge < -0.3 is 16.8 Å². The number of carbonyl (C=O) groups is 1. The lowest BCUT2D eigenvalue weighted by Gasteiger charge is -2.12. The fraction of sp³-hybridized carbons (Fsp3) is 0.400. The molecule has 0 bridgehead atoms. The Labute approximate surface area is 88.9 Å². The first kappa shape index (κ1) is 11.5. The lowest BCUT2D eigenvalue weighted by Crippen LogP contribution is -2.27. The minimum absolute atomic E-state index is 0.00645. The third-order valence-electron chi connectivity index (χ3n) is 2.00. The van der Waals surface area contributed by atoms with Crippen LogP contribution in [0.1, 0.15) is 22.8 Å². The van der Waals surface area contributed by atoms with Crippen molar-refractivity contribution < 1.29 is 4.79 Å². The van der Waals surface area contributed by atoms with Crippen molar-refractivity contribution in [2.24, 2.45) is 11.5 Å². The van der Waals surface area contributed by atoms with E-state index in [9.17, 15) is 4.79 Å². The largest absolute Gasteiger partial charge is 0.368 e. The third kappa shape index (κ3) is 2.92. The zero-order valence-electron chi connectivity index (χ0n) is 8.95.